The Kier molecular flexibility index (Phi) is 6.84. The molecule has 0 unspecified atom stereocenters. The predicted octanol–water partition coefficient (Wildman–Crippen LogP) is 11.9. The maximum absolute atomic E-state index is 5.07. The third kappa shape index (κ3) is 4.89. The summed E-state index contributed by atoms with van der Waals surface area (Å²) in [5.41, 5.74) is 15.1. The molecular formula is C44H34N2. The van der Waals surface area contributed by atoms with Crippen molar-refractivity contribution in [1.29, 1.82) is 0 Å². The van der Waals surface area contributed by atoms with Crippen LogP contribution in [0.5, 0.6) is 0 Å². The van der Waals surface area contributed by atoms with Crippen LogP contribution in [-0.4, -0.2) is 4.98 Å². The second kappa shape index (κ2) is 11.3. The highest BCUT2D eigenvalue weighted by Gasteiger charge is 2.36. The van der Waals surface area contributed by atoms with Crippen molar-refractivity contribution in [2.45, 2.75) is 19.3 Å². The van der Waals surface area contributed by atoms with Gasteiger partial charge >= 0.3 is 0 Å². The van der Waals surface area contributed by atoms with Crippen LogP contribution >= 0.6 is 0 Å². The molecule has 6 aromatic carbocycles. The number of para-hydroxylation sites is 2. The summed E-state index contributed by atoms with van der Waals surface area (Å²) in [6.07, 6.45) is 0. The third-order valence-electron chi connectivity index (χ3n) is 9.26. The first-order valence-corrected chi connectivity index (χ1v) is 15.9. The molecule has 0 atom stereocenters. The molecule has 0 amide bonds. The molecule has 220 valence electrons. The van der Waals surface area contributed by atoms with Crippen molar-refractivity contribution < 1.29 is 0 Å². The number of benzene rings is 6. The van der Waals surface area contributed by atoms with Gasteiger partial charge in [0.15, 0.2) is 0 Å². The summed E-state index contributed by atoms with van der Waals surface area (Å²) in [4.78, 5) is 7.48. The molecule has 0 saturated heterocycles. The summed E-state index contributed by atoms with van der Waals surface area (Å²) in [7, 11) is 0. The molecule has 8 rings (SSSR count). The summed E-state index contributed by atoms with van der Waals surface area (Å²) in [5, 5.41) is 0. The van der Waals surface area contributed by atoms with Crippen LogP contribution in [0.2, 0.25) is 0 Å². The Balaban J connectivity index is 1.18. The second-order valence-electron chi connectivity index (χ2n) is 12.5. The lowest BCUT2D eigenvalue weighted by atomic mass is 9.73. The minimum absolute atomic E-state index is 0.0716. The van der Waals surface area contributed by atoms with Crippen molar-refractivity contribution in [3.05, 3.63) is 181 Å². The highest BCUT2D eigenvalue weighted by atomic mass is 15.2. The highest BCUT2D eigenvalue weighted by Crippen LogP contribution is 2.51. The molecular weight excluding hydrogens is 556 g/mol. The zero-order chi connectivity index (χ0) is 31.1. The lowest BCUT2D eigenvalue weighted by Gasteiger charge is -2.42. The summed E-state index contributed by atoms with van der Waals surface area (Å²) in [6, 6.07) is 60.7. The standard InChI is InChI=1S/C44H34N2/c1-44(2)38-20-9-11-22-42(38)46(43-23-12-10-21-39(43)44)37-26-24-31(25-27-37)34-18-13-19-35(28-34)36-29-40(32-14-5-3-6-15-32)45-41(30-36)33-16-7-4-8-17-33/h3-30H,1-2H3. The van der Waals surface area contributed by atoms with Gasteiger partial charge in [-0.1, -0.05) is 141 Å². The molecule has 46 heavy (non-hydrogen) atoms. The SMILES string of the molecule is CC1(C)c2ccccc2N(c2ccc(-c3cccc(-c4cc(-c5ccccc5)nc(-c5ccccc5)c4)c3)cc2)c2ccccc21. The van der Waals surface area contributed by atoms with E-state index in [0.717, 1.165) is 33.8 Å². The first-order chi connectivity index (χ1) is 22.6. The van der Waals surface area contributed by atoms with E-state index < -0.39 is 0 Å². The van der Waals surface area contributed by atoms with E-state index in [1.807, 2.05) is 12.1 Å². The largest absolute Gasteiger partial charge is 0.310 e. The average Bonchev–Trinajstić information content (AvgIpc) is 3.13. The van der Waals surface area contributed by atoms with Gasteiger partial charge in [-0.05, 0) is 75.8 Å². The van der Waals surface area contributed by atoms with Crippen LogP contribution in [0.1, 0.15) is 25.0 Å². The van der Waals surface area contributed by atoms with Gasteiger partial charge in [-0.3, -0.25) is 0 Å². The number of hydrogen-bond acceptors (Lipinski definition) is 2. The van der Waals surface area contributed by atoms with E-state index in [4.69, 9.17) is 4.98 Å². The highest BCUT2D eigenvalue weighted by molar-refractivity contribution is 5.87. The van der Waals surface area contributed by atoms with Crippen molar-refractivity contribution >= 4 is 17.1 Å². The number of hydrogen-bond donors (Lipinski definition) is 0. The fourth-order valence-electron chi connectivity index (χ4n) is 6.84. The molecule has 0 radical (unpaired) electrons. The van der Waals surface area contributed by atoms with Crippen LogP contribution in [0.15, 0.2) is 170 Å². The lowest BCUT2D eigenvalue weighted by Crippen LogP contribution is -2.30. The van der Waals surface area contributed by atoms with Gasteiger partial charge in [-0.15, -0.1) is 0 Å². The fraction of sp³-hybridized carbons (Fsp3) is 0.0682. The Morgan fingerprint density at radius 3 is 1.39 bits per heavy atom. The quantitative estimate of drug-likeness (QED) is 0.198. The van der Waals surface area contributed by atoms with E-state index in [1.165, 1.54) is 39.2 Å². The first-order valence-electron chi connectivity index (χ1n) is 15.9. The van der Waals surface area contributed by atoms with Crippen LogP contribution in [0.4, 0.5) is 17.1 Å². The van der Waals surface area contributed by atoms with Gasteiger partial charge < -0.3 is 4.90 Å². The van der Waals surface area contributed by atoms with Gasteiger partial charge in [0.1, 0.15) is 0 Å². The van der Waals surface area contributed by atoms with E-state index in [-0.39, 0.29) is 5.41 Å². The molecule has 0 saturated carbocycles. The summed E-state index contributed by atoms with van der Waals surface area (Å²) in [5.74, 6) is 0. The molecule has 1 aliphatic heterocycles. The van der Waals surface area contributed by atoms with Gasteiger partial charge in [0.2, 0.25) is 0 Å². The van der Waals surface area contributed by atoms with Crippen molar-refractivity contribution in [1.82, 2.24) is 4.98 Å². The molecule has 0 N–H and O–H groups in total. The zero-order valence-electron chi connectivity index (χ0n) is 26.1. The van der Waals surface area contributed by atoms with E-state index in [9.17, 15) is 0 Å². The van der Waals surface area contributed by atoms with Crippen LogP contribution < -0.4 is 4.90 Å². The normalized spacial score (nSPS) is 13.1. The van der Waals surface area contributed by atoms with Gasteiger partial charge in [-0.2, -0.15) is 0 Å². The predicted molar refractivity (Wildman–Crippen MR) is 193 cm³/mol. The Morgan fingerprint density at radius 1 is 0.391 bits per heavy atom. The molecule has 0 bridgehead atoms. The van der Waals surface area contributed by atoms with Crippen molar-refractivity contribution in [2.75, 3.05) is 4.90 Å². The lowest BCUT2D eigenvalue weighted by molar-refractivity contribution is 0.632. The number of nitrogens with zero attached hydrogens (tertiary/aromatic N) is 2. The molecule has 0 aliphatic carbocycles. The van der Waals surface area contributed by atoms with Gasteiger partial charge in [0.05, 0.1) is 22.8 Å². The molecule has 2 nitrogen and oxygen atoms in total. The molecule has 2 heterocycles. The number of fused-ring (bicyclic) bond motifs is 2. The van der Waals surface area contributed by atoms with E-state index >= 15 is 0 Å². The van der Waals surface area contributed by atoms with Crippen LogP contribution in [-0.2, 0) is 5.41 Å². The van der Waals surface area contributed by atoms with Crippen LogP contribution in [0.3, 0.4) is 0 Å². The number of aromatic nitrogens is 1. The molecule has 0 fully saturated rings. The Morgan fingerprint density at radius 2 is 0.848 bits per heavy atom. The van der Waals surface area contributed by atoms with Gasteiger partial charge in [-0.25, -0.2) is 4.98 Å². The number of rotatable bonds is 5. The number of pyridine rings is 1. The van der Waals surface area contributed by atoms with E-state index in [2.05, 4.69) is 176 Å². The fourth-order valence-corrected chi connectivity index (χ4v) is 6.84. The summed E-state index contributed by atoms with van der Waals surface area (Å²) < 4.78 is 0. The van der Waals surface area contributed by atoms with Crippen molar-refractivity contribution in [3.8, 4) is 44.8 Å². The zero-order valence-corrected chi connectivity index (χ0v) is 26.1. The topological polar surface area (TPSA) is 16.1 Å². The van der Waals surface area contributed by atoms with Gasteiger partial charge in [0, 0.05) is 22.2 Å². The summed E-state index contributed by atoms with van der Waals surface area (Å²) in [6.45, 7) is 4.65. The smallest absolute Gasteiger partial charge is 0.0715 e. The average molecular weight is 591 g/mol. The van der Waals surface area contributed by atoms with E-state index in [0.29, 0.717) is 0 Å². The maximum Gasteiger partial charge on any atom is 0.0715 e. The first kappa shape index (κ1) is 27.8. The Bertz CT molecular complexity index is 2060. The van der Waals surface area contributed by atoms with Crippen molar-refractivity contribution in [2.24, 2.45) is 0 Å². The van der Waals surface area contributed by atoms with Crippen LogP contribution in [0.25, 0.3) is 44.8 Å². The monoisotopic (exact) mass is 590 g/mol. The maximum atomic E-state index is 5.07. The number of anilines is 3. The molecule has 1 aliphatic rings. The van der Waals surface area contributed by atoms with Gasteiger partial charge in [0.25, 0.3) is 0 Å². The third-order valence-corrected chi connectivity index (χ3v) is 9.26. The molecule has 7 aromatic rings. The Labute approximate surface area is 271 Å². The minimum atomic E-state index is -0.0716. The summed E-state index contributed by atoms with van der Waals surface area (Å²) >= 11 is 0. The second-order valence-corrected chi connectivity index (χ2v) is 12.5. The van der Waals surface area contributed by atoms with Crippen LogP contribution in [0, 0.1) is 0 Å². The molecule has 1 aromatic heterocycles. The minimum Gasteiger partial charge on any atom is -0.310 e. The van der Waals surface area contributed by atoms with E-state index in [1.54, 1.807) is 0 Å². The molecule has 0 spiro atoms. The molecule has 2 heteroatoms. The van der Waals surface area contributed by atoms with Crippen molar-refractivity contribution in [3.63, 3.8) is 0 Å². The Hall–Kier alpha value is -5.73.